The van der Waals surface area contributed by atoms with Crippen LogP contribution in [0.3, 0.4) is 0 Å². The van der Waals surface area contributed by atoms with Crippen LogP contribution in [0.15, 0.2) is 24.3 Å². The molecule has 0 radical (unpaired) electrons. The second-order valence-electron chi connectivity index (χ2n) is 5.29. The van der Waals surface area contributed by atoms with Gasteiger partial charge in [-0.1, -0.05) is 36.6 Å². The van der Waals surface area contributed by atoms with Crippen molar-refractivity contribution in [2.75, 3.05) is 19.3 Å². The molecule has 19 heavy (non-hydrogen) atoms. The van der Waals surface area contributed by atoms with Crippen LogP contribution < -0.4 is 5.32 Å². The average Bonchev–Trinajstić information content (AvgIpc) is 2.89. The Labute approximate surface area is 124 Å². The van der Waals surface area contributed by atoms with Crippen LogP contribution >= 0.6 is 23.4 Å². The minimum Gasteiger partial charge on any atom is -0.387 e. The SMILES string of the molecule is CSC1(CNCC(O)c2ccc(Cl)cc2)CCCC1. The Morgan fingerprint density at radius 3 is 2.53 bits per heavy atom. The predicted molar refractivity (Wildman–Crippen MR) is 84.0 cm³/mol. The van der Waals surface area contributed by atoms with Crippen LogP contribution in [0.2, 0.25) is 5.02 Å². The smallest absolute Gasteiger partial charge is 0.0914 e. The van der Waals surface area contributed by atoms with Gasteiger partial charge in [-0.05, 0) is 36.8 Å². The van der Waals surface area contributed by atoms with E-state index < -0.39 is 6.10 Å². The van der Waals surface area contributed by atoms with Crippen molar-refractivity contribution in [2.45, 2.75) is 36.5 Å². The van der Waals surface area contributed by atoms with E-state index in [1.54, 1.807) is 0 Å². The fourth-order valence-corrected chi connectivity index (χ4v) is 3.78. The highest BCUT2D eigenvalue weighted by molar-refractivity contribution is 8.00. The van der Waals surface area contributed by atoms with Gasteiger partial charge in [-0.2, -0.15) is 11.8 Å². The maximum atomic E-state index is 10.1. The van der Waals surface area contributed by atoms with Crippen LogP contribution in [0.4, 0.5) is 0 Å². The van der Waals surface area contributed by atoms with Gasteiger partial charge in [-0.25, -0.2) is 0 Å². The van der Waals surface area contributed by atoms with Crippen molar-refractivity contribution in [1.82, 2.24) is 5.32 Å². The fraction of sp³-hybridized carbons (Fsp3) is 0.600. The molecule has 1 saturated carbocycles. The van der Waals surface area contributed by atoms with Gasteiger partial charge in [0.15, 0.2) is 0 Å². The molecule has 0 saturated heterocycles. The molecule has 1 aromatic rings. The Morgan fingerprint density at radius 1 is 1.32 bits per heavy atom. The average molecular weight is 300 g/mol. The van der Waals surface area contributed by atoms with Crippen LogP contribution in [-0.4, -0.2) is 29.2 Å². The molecule has 0 bridgehead atoms. The van der Waals surface area contributed by atoms with E-state index in [1.165, 1.54) is 25.7 Å². The van der Waals surface area contributed by atoms with Gasteiger partial charge in [-0.3, -0.25) is 0 Å². The number of thioether (sulfide) groups is 1. The number of halogens is 1. The van der Waals surface area contributed by atoms with E-state index >= 15 is 0 Å². The summed E-state index contributed by atoms with van der Waals surface area (Å²) in [6, 6.07) is 7.41. The van der Waals surface area contributed by atoms with Gasteiger partial charge in [0.1, 0.15) is 0 Å². The highest BCUT2D eigenvalue weighted by atomic mass is 35.5. The van der Waals surface area contributed by atoms with E-state index in [1.807, 2.05) is 36.0 Å². The summed E-state index contributed by atoms with van der Waals surface area (Å²) in [6.07, 6.45) is 6.99. The Hall–Kier alpha value is -0.220. The number of hydrogen-bond acceptors (Lipinski definition) is 3. The van der Waals surface area contributed by atoms with E-state index in [-0.39, 0.29) is 0 Å². The van der Waals surface area contributed by atoms with E-state index in [9.17, 15) is 5.11 Å². The van der Waals surface area contributed by atoms with E-state index in [0.29, 0.717) is 16.3 Å². The molecule has 0 aromatic heterocycles. The first-order valence-electron chi connectivity index (χ1n) is 6.85. The fourth-order valence-electron chi connectivity index (χ4n) is 2.71. The molecule has 4 heteroatoms. The number of aliphatic hydroxyl groups excluding tert-OH is 1. The molecule has 106 valence electrons. The summed E-state index contributed by atoms with van der Waals surface area (Å²) in [6.45, 7) is 1.59. The molecule has 1 atom stereocenters. The topological polar surface area (TPSA) is 32.3 Å². The third-order valence-corrected chi connectivity index (χ3v) is 5.66. The van der Waals surface area contributed by atoms with E-state index in [0.717, 1.165) is 12.1 Å². The molecular formula is C15H22ClNOS. The van der Waals surface area contributed by atoms with Gasteiger partial charge < -0.3 is 10.4 Å². The molecule has 0 aliphatic heterocycles. The van der Waals surface area contributed by atoms with Crippen molar-refractivity contribution >= 4 is 23.4 Å². The van der Waals surface area contributed by atoms with Crippen molar-refractivity contribution in [2.24, 2.45) is 0 Å². The summed E-state index contributed by atoms with van der Waals surface area (Å²) in [7, 11) is 0. The molecule has 1 aromatic carbocycles. The van der Waals surface area contributed by atoms with Gasteiger partial charge in [0, 0.05) is 22.9 Å². The number of rotatable bonds is 6. The zero-order chi connectivity index (χ0) is 13.7. The Bertz CT molecular complexity index is 390. The quantitative estimate of drug-likeness (QED) is 0.841. The summed E-state index contributed by atoms with van der Waals surface area (Å²) in [4.78, 5) is 0. The number of hydrogen-bond donors (Lipinski definition) is 2. The monoisotopic (exact) mass is 299 g/mol. The first kappa shape index (κ1) is 15.2. The molecule has 2 rings (SSSR count). The van der Waals surface area contributed by atoms with Gasteiger partial charge in [-0.15, -0.1) is 0 Å². The van der Waals surface area contributed by atoms with E-state index in [2.05, 4.69) is 11.6 Å². The lowest BCUT2D eigenvalue weighted by Gasteiger charge is -2.27. The molecule has 1 aliphatic rings. The third kappa shape index (κ3) is 4.12. The van der Waals surface area contributed by atoms with Crippen LogP contribution in [0.25, 0.3) is 0 Å². The summed E-state index contributed by atoms with van der Waals surface area (Å²) in [5.74, 6) is 0. The Kier molecular flexibility index (Phi) is 5.58. The lowest BCUT2D eigenvalue weighted by atomic mass is 10.1. The minimum absolute atomic E-state index is 0.389. The largest absolute Gasteiger partial charge is 0.387 e. The van der Waals surface area contributed by atoms with Crippen LogP contribution in [0.5, 0.6) is 0 Å². The van der Waals surface area contributed by atoms with Gasteiger partial charge in [0.25, 0.3) is 0 Å². The Balaban J connectivity index is 1.80. The van der Waals surface area contributed by atoms with Crippen molar-refractivity contribution in [3.8, 4) is 0 Å². The van der Waals surface area contributed by atoms with Crippen molar-refractivity contribution in [3.63, 3.8) is 0 Å². The zero-order valence-corrected chi connectivity index (χ0v) is 12.9. The molecule has 2 nitrogen and oxygen atoms in total. The number of benzene rings is 1. The lowest BCUT2D eigenvalue weighted by molar-refractivity contribution is 0.173. The molecule has 1 aliphatic carbocycles. The molecule has 0 amide bonds. The molecule has 0 heterocycles. The molecule has 2 N–H and O–H groups in total. The molecular weight excluding hydrogens is 278 g/mol. The maximum absolute atomic E-state index is 10.1. The lowest BCUT2D eigenvalue weighted by Crippen LogP contribution is -2.37. The molecule has 1 unspecified atom stereocenters. The Morgan fingerprint density at radius 2 is 1.95 bits per heavy atom. The number of nitrogens with one attached hydrogen (secondary N) is 1. The normalized spacial score (nSPS) is 19.5. The third-order valence-electron chi connectivity index (χ3n) is 3.99. The summed E-state index contributed by atoms with van der Waals surface area (Å²) in [5.41, 5.74) is 0.918. The zero-order valence-electron chi connectivity index (χ0n) is 11.4. The second kappa shape index (κ2) is 6.98. The molecule has 0 spiro atoms. The van der Waals surface area contributed by atoms with Gasteiger partial charge in [0.05, 0.1) is 6.10 Å². The summed E-state index contributed by atoms with van der Waals surface area (Å²) >= 11 is 7.81. The minimum atomic E-state index is -0.461. The summed E-state index contributed by atoms with van der Waals surface area (Å²) < 4.78 is 0.389. The molecule has 1 fully saturated rings. The highest BCUT2D eigenvalue weighted by Crippen LogP contribution is 2.39. The van der Waals surface area contributed by atoms with E-state index in [4.69, 9.17) is 11.6 Å². The van der Waals surface area contributed by atoms with Crippen molar-refractivity contribution < 1.29 is 5.11 Å². The van der Waals surface area contributed by atoms with Crippen molar-refractivity contribution in [1.29, 1.82) is 0 Å². The summed E-state index contributed by atoms with van der Waals surface area (Å²) in [5, 5.41) is 14.3. The van der Waals surface area contributed by atoms with Gasteiger partial charge in [0.2, 0.25) is 0 Å². The second-order valence-corrected chi connectivity index (χ2v) is 7.00. The van der Waals surface area contributed by atoms with Crippen LogP contribution in [0, 0.1) is 0 Å². The van der Waals surface area contributed by atoms with Crippen LogP contribution in [-0.2, 0) is 0 Å². The maximum Gasteiger partial charge on any atom is 0.0914 e. The standard InChI is InChI=1S/C15H22ClNOS/c1-19-15(8-2-3-9-15)11-17-10-14(18)12-4-6-13(16)7-5-12/h4-7,14,17-18H,2-3,8-11H2,1H3. The number of aliphatic hydroxyl groups is 1. The van der Waals surface area contributed by atoms with Gasteiger partial charge >= 0.3 is 0 Å². The van der Waals surface area contributed by atoms with Crippen molar-refractivity contribution in [3.05, 3.63) is 34.9 Å². The van der Waals surface area contributed by atoms with Crippen LogP contribution in [0.1, 0.15) is 37.4 Å². The predicted octanol–water partition coefficient (Wildman–Crippen LogP) is 3.64. The first-order chi connectivity index (χ1) is 9.15. The highest BCUT2D eigenvalue weighted by Gasteiger charge is 2.32. The first-order valence-corrected chi connectivity index (χ1v) is 8.45.